The fourth-order valence-electron chi connectivity index (χ4n) is 3.05. The van der Waals surface area contributed by atoms with E-state index in [1.165, 1.54) is 5.56 Å². The van der Waals surface area contributed by atoms with Gasteiger partial charge < -0.3 is 10.1 Å². The second-order valence-electron chi connectivity index (χ2n) is 5.74. The summed E-state index contributed by atoms with van der Waals surface area (Å²) in [6, 6.07) is 15.3. The molecule has 0 saturated heterocycles. The summed E-state index contributed by atoms with van der Waals surface area (Å²) in [4.78, 5) is 17.2. The number of hydrogen-bond donors (Lipinski definition) is 1. The molecule has 1 N–H and O–H groups in total. The Hall–Kier alpha value is -3.08. The first-order valence-corrected chi connectivity index (χ1v) is 7.82. The lowest BCUT2D eigenvalue weighted by atomic mass is 10.1. The summed E-state index contributed by atoms with van der Waals surface area (Å²) in [5.74, 6) is 1.21. The number of benzene rings is 2. The van der Waals surface area contributed by atoms with Crippen molar-refractivity contribution in [1.82, 2.24) is 9.55 Å². The van der Waals surface area contributed by atoms with E-state index in [0.29, 0.717) is 12.2 Å². The van der Waals surface area contributed by atoms with Crippen LogP contribution in [0.15, 0.2) is 60.9 Å². The van der Waals surface area contributed by atoms with Crippen LogP contribution in [0.4, 0.5) is 5.69 Å². The number of ketones is 1. The number of Topliss-reactive ketones (excluding diaryl/α,β-unsaturated/α-hetero) is 1. The molecule has 24 heavy (non-hydrogen) atoms. The van der Waals surface area contributed by atoms with Crippen molar-refractivity contribution in [3.05, 3.63) is 72.3 Å². The fraction of sp³-hybridized carbons (Fsp3) is 0.158. The number of methoxy groups -OCH3 is 1. The minimum Gasteiger partial charge on any atom is -0.497 e. The number of nitrogens with zero attached hydrogens (tertiary/aromatic N) is 2. The first-order chi connectivity index (χ1) is 11.8. The molecule has 1 atom stereocenters. The lowest BCUT2D eigenvalue weighted by Crippen LogP contribution is -2.29. The van der Waals surface area contributed by atoms with Crippen molar-refractivity contribution < 1.29 is 9.53 Å². The van der Waals surface area contributed by atoms with Crippen molar-refractivity contribution in [2.75, 3.05) is 12.4 Å². The van der Waals surface area contributed by atoms with Crippen molar-refractivity contribution >= 4 is 11.5 Å². The van der Waals surface area contributed by atoms with E-state index in [1.54, 1.807) is 19.5 Å². The molecule has 0 saturated carbocycles. The number of fused-ring (bicyclic) bond motifs is 1. The van der Waals surface area contributed by atoms with Crippen LogP contribution in [0.5, 0.6) is 5.75 Å². The molecular weight excluding hydrogens is 302 g/mol. The van der Waals surface area contributed by atoms with Gasteiger partial charge in [-0.2, -0.15) is 0 Å². The van der Waals surface area contributed by atoms with Gasteiger partial charge in [0.2, 0.25) is 5.78 Å². The molecule has 1 aromatic heterocycles. The Kier molecular flexibility index (Phi) is 3.54. The molecule has 1 unspecified atom stereocenters. The van der Waals surface area contributed by atoms with Gasteiger partial charge in [0.25, 0.3) is 0 Å². The number of anilines is 1. The van der Waals surface area contributed by atoms with Gasteiger partial charge in [-0.15, -0.1) is 0 Å². The SMILES string of the molecule is COc1ccc(-n2ccnc2C(=O)C2Cc3ccccc3N2)cc1. The average molecular weight is 319 g/mol. The van der Waals surface area contributed by atoms with Gasteiger partial charge in [-0.05, 0) is 35.9 Å². The number of aromatic nitrogens is 2. The maximum absolute atomic E-state index is 12.9. The van der Waals surface area contributed by atoms with Crippen LogP contribution in [0.25, 0.3) is 5.69 Å². The van der Waals surface area contributed by atoms with Gasteiger partial charge in [-0.1, -0.05) is 18.2 Å². The highest BCUT2D eigenvalue weighted by atomic mass is 16.5. The Morgan fingerprint density at radius 1 is 1.21 bits per heavy atom. The Labute approximate surface area is 139 Å². The van der Waals surface area contributed by atoms with E-state index in [9.17, 15) is 4.79 Å². The normalized spacial score (nSPS) is 15.6. The lowest BCUT2D eigenvalue weighted by molar-refractivity contribution is 0.0960. The third-order valence-electron chi connectivity index (χ3n) is 4.30. The van der Waals surface area contributed by atoms with Crippen LogP contribution in [0.2, 0.25) is 0 Å². The maximum atomic E-state index is 12.9. The summed E-state index contributed by atoms with van der Waals surface area (Å²) in [6.45, 7) is 0. The predicted molar refractivity (Wildman–Crippen MR) is 92.0 cm³/mol. The number of rotatable bonds is 4. The smallest absolute Gasteiger partial charge is 0.221 e. The van der Waals surface area contributed by atoms with Crippen LogP contribution < -0.4 is 10.1 Å². The molecule has 1 aliphatic rings. The molecule has 1 aliphatic heterocycles. The van der Waals surface area contributed by atoms with Gasteiger partial charge in [-0.25, -0.2) is 4.98 Å². The first-order valence-electron chi connectivity index (χ1n) is 7.82. The second-order valence-corrected chi connectivity index (χ2v) is 5.74. The molecular formula is C19H17N3O2. The summed E-state index contributed by atoms with van der Waals surface area (Å²) >= 11 is 0. The molecule has 0 amide bonds. The summed E-state index contributed by atoms with van der Waals surface area (Å²) < 4.78 is 6.99. The number of carbonyl (C=O) groups excluding carboxylic acids is 1. The summed E-state index contributed by atoms with van der Waals surface area (Å²) in [7, 11) is 1.63. The highest BCUT2D eigenvalue weighted by Crippen LogP contribution is 2.27. The van der Waals surface area contributed by atoms with Crippen LogP contribution in [-0.2, 0) is 6.42 Å². The van der Waals surface area contributed by atoms with Crippen molar-refractivity contribution in [3.8, 4) is 11.4 Å². The van der Waals surface area contributed by atoms with E-state index >= 15 is 0 Å². The van der Waals surface area contributed by atoms with Crippen LogP contribution in [0, 0.1) is 0 Å². The molecule has 0 aliphatic carbocycles. The first kappa shape index (κ1) is 14.5. The van der Waals surface area contributed by atoms with E-state index in [-0.39, 0.29) is 11.8 Å². The number of para-hydroxylation sites is 1. The number of ether oxygens (including phenoxy) is 1. The third-order valence-corrected chi connectivity index (χ3v) is 4.30. The summed E-state index contributed by atoms with van der Waals surface area (Å²) in [6.07, 6.45) is 4.14. The summed E-state index contributed by atoms with van der Waals surface area (Å²) in [5, 5.41) is 3.30. The zero-order valence-corrected chi connectivity index (χ0v) is 13.3. The minimum absolute atomic E-state index is 0.00739. The molecule has 5 nitrogen and oxygen atoms in total. The quantitative estimate of drug-likeness (QED) is 0.751. The van der Waals surface area contributed by atoms with Crippen molar-refractivity contribution in [2.24, 2.45) is 0 Å². The van der Waals surface area contributed by atoms with Gasteiger partial charge in [0.05, 0.1) is 13.2 Å². The van der Waals surface area contributed by atoms with Gasteiger partial charge in [0.1, 0.15) is 5.75 Å². The van der Waals surface area contributed by atoms with Crippen LogP contribution in [0.1, 0.15) is 16.2 Å². The summed E-state index contributed by atoms with van der Waals surface area (Å²) in [5.41, 5.74) is 3.07. The highest BCUT2D eigenvalue weighted by molar-refractivity contribution is 6.00. The Balaban J connectivity index is 1.62. The zero-order valence-electron chi connectivity index (χ0n) is 13.3. The molecule has 2 aromatic carbocycles. The van der Waals surface area contributed by atoms with Crippen molar-refractivity contribution in [3.63, 3.8) is 0 Å². The van der Waals surface area contributed by atoms with E-state index < -0.39 is 0 Å². The van der Waals surface area contributed by atoms with Crippen LogP contribution >= 0.6 is 0 Å². The fourth-order valence-corrected chi connectivity index (χ4v) is 3.05. The van der Waals surface area contributed by atoms with Crippen molar-refractivity contribution in [1.29, 1.82) is 0 Å². The predicted octanol–water partition coefficient (Wildman–Crippen LogP) is 3.10. The van der Waals surface area contributed by atoms with Gasteiger partial charge in [0.15, 0.2) is 5.82 Å². The molecule has 3 aromatic rings. The molecule has 0 fully saturated rings. The third kappa shape index (κ3) is 2.44. The molecule has 0 radical (unpaired) electrons. The van der Waals surface area contributed by atoms with Crippen LogP contribution in [-0.4, -0.2) is 28.5 Å². The van der Waals surface area contributed by atoms with Gasteiger partial charge in [0, 0.05) is 30.2 Å². The number of imidazole rings is 1. The molecule has 120 valence electrons. The topological polar surface area (TPSA) is 56.2 Å². The average Bonchev–Trinajstić information content (AvgIpc) is 3.28. The standard InChI is InChI=1S/C19H17N3O2/c1-24-15-8-6-14(7-9-15)22-11-10-20-19(22)18(23)17-12-13-4-2-3-5-16(13)21-17/h2-11,17,21H,12H2,1H3. The highest BCUT2D eigenvalue weighted by Gasteiger charge is 2.29. The molecule has 2 heterocycles. The Morgan fingerprint density at radius 3 is 2.75 bits per heavy atom. The number of carbonyl (C=O) groups is 1. The largest absolute Gasteiger partial charge is 0.497 e. The molecule has 4 rings (SSSR count). The van der Waals surface area contributed by atoms with Crippen LogP contribution in [0.3, 0.4) is 0 Å². The van der Waals surface area contributed by atoms with E-state index in [2.05, 4.69) is 10.3 Å². The maximum Gasteiger partial charge on any atom is 0.221 e. The van der Waals surface area contributed by atoms with Gasteiger partial charge >= 0.3 is 0 Å². The Morgan fingerprint density at radius 2 is 2.00 bits per heavy atom. The number of hydrogen-bond acceptors (Lipinski definition) is 4. The number of nitrogens with one attached hydrogen (secondary N) is 1. The molecule has 0 spiro atoms. The second kappa shape index (κ2) is 5.85. The zero-order chi connectivity index (χ0) is 16.5. The van der Waals surface area contributed by atoms with Gasteiger partial charge in [-0.3, -0.25) is 9.36 Å². The van der Waals surface area contributed by atoms with E-state index in [4.69, 9.17) is 4.74 Å². The van der Waals surface area contributed by atoms with Crippen molar-refractivity contribution in [2.45, 2.75) is 12.5 Å². The Bertz CT molecular complexity index is 859. The lowest BCUT2D eigenvalue weighted by Gasteiger charge is -2.12. The monoisotopic (exact) mass is 319 g/mol. The molecule has 5 heteroatoms. The molecule has 0 bridgehead atoms. The van der Waals surface area contributed by atoms with E-state index in [0.717, 1.165) is 17.1 Å². The minimum atomic E-state index is -0.276. The van der Waals surface area contributed by atoms with E-state index in [1.807, 2.05) is 53.1 Å².